The van der Waals surface area contributed by atoms with E-state index in [9.17, 15) is 4.79 Å². The van der Waals surface area contributed by atoms with Gasteiger partial charge in [-0.3, -0.25) is 9.36 Å². The van der Waals surface area contributed by atoms with Crippen LogP contribution >= 0.6 is 11.8 Å². The van der Waals surface area contributed by atoms with E-state index in [0.717, 1.165) is 28.5 Å². The minimum Gasteiger partial charge on any atom is -0.486 e. The standard InChI is InChI=1S/C27H32N4O3S/c1-5-14-31-25(20-7-9-21(10-8-20)27(2,3)4)29-30-26(31)35-18-24(32)28-13-12-19-6-11-22-23(17-19)34-16-15-33-22/h5-11,17H,1,12-16,18H2,2-4H3,(H,28,32). The number of fused-ring (bicyclic) bond motifs is 1. The first-order chi connectivity index (χ1) is 16.8. The predicted octanol–water partition coefficient (Wildman–Crippen LogP) is 4.65. The van der Waals surface area contributed by atoms with Gasteiger partial charge in [0.25, 0.3) is 0 Å². The second-order valence-electron chi connectivity index (χ2n) is 9.40. The Labute approximate surface area is 210 Å². The topological polar surface area (TPSA) is 78.3 Å². The van der Waals surface area contributed by atoms with Crippen molar-refractivity contribution in [3.63, 3.8) is 0 Å². The molecule has 0 radical (unpaired) electrons. The highest BCUT2D eigenvalue weighted by molar-refractivity contribution is 7.99. The fourth-order valence-corrected chi connectivity index (χ4v) is 4.57. The van der Waals surface area contributed by atoms with Crippen LogP contribution < -0.4 is 14.8 Å². The Morgan fingerprint density at radius 3 is 2.57 bits per heavy atom. The average molecular weight is 493 g/mol. The summed E-state index contributed by atoms with van der Waals surface area (Å²) in [6.45, 7) is 12.7. The van der Waals surface area contributed by atoms with E-state index < -0.39 is 0 Å². The third kappa shape index (κ3) is 6.25. The molecule has 4 rings (SSSR count). The Hall–Kier alpha value is -3.26. The highest BCUT2D eigenvalue weighted by atomic mass is 32.2. The lowest BCUT2D eigenvalue weighted by atomic mass is 9.87. The van der Waals surface area contributed by atoms with Gasteiger partial charge in [-0.05, 0) is 35.1 Å². The first kappa shape index (κ1) is 24.9. The highest BCUT2D eigenvalue weighted by Crippen LogP contribution is 2.31. The number of allylic oxidation sites excluding steroid dienone is 1. The number of nitrogens with one attached hydrogen (secondary N) is 1. The molecule has 2 aromatic carbocycles. The van der Waals surface area contributed by atoms with Crippen LogP contribution in [0.3, 0.4) is 0 Å². The zero-order chi connectivity index (χ0) is 24.8. The van der Waals surface area contributed by atoms with Crippen LogP contribution in [-0.4, -0.2) is 46.2 Å². The van der Waals surface area contributed by atoms with Crippen molar-refractivity contribution in [2.24, 2.45) is 0 Å². The van der Waals surface area contributed by atoms with E-state index in [1.807, 2.05) is 28.8 Å². The summed E-state index contributed by atoms with van der Waals surface area (Å²) in [5.74, 6) is 2.53. The van der Waals surface area contributed by atoms with Gasteiger partial charge in [0, 0.05) is 18.7 Å². The third-order valence-corrected chi connectivity index (χ3v) is 6.68. The van der Waals surface area contributed by atoms with E-state index in [1.54, 1.807) is 0 Å². The van der Waals surface area contributed by atoms with Crippen molar-refractivity contribution in [3.8, 4) is 22.9 Å². The molecule has 1 amide bonds. The fraction of sp³-hybridized carbons (Fsp3) is 0.370. The molecule has 0 atom stereocenters. The van der Waals surface area contributed by atoms with Gasteiger partial charge in [-0.25, -0.2) is 0 Å². The van der Waals surface area contributed by atoms with Crippen LogP contribution in [-0.2, 0) is 23.2 Å². The van der Waals surface area contributed by atoms with Gasteiger partial charge in [-0.15, -0.1) is 16.8 Å². The summed E-state index contributed by atoms with van der Waals surface area (Å²) in [7, 11) is 0. The van der Waals surface area contributed by atoms with Gasteiger partial charge in [0.05, 0.1) is 5.75 Å². The van der Waals surface area contributed by atoms with Crippen LogP contribution in [0.2, 0.25) is 0 Å². The maximum atomic E-state index is 12.5. The molecular formula is C27H32N4O3S. The van der Waals surface area contributed by atoms with E-state index >= 15 is 0 Å². The second kappa shape index (κ2) is 11.0. The van der Waals surface area contributed by atoms with E-state index in [-0.39, 0.29) is 17.1 Å². The van der Waals surface area contributed by atoms with Crippen molar-refractivity contribution in [2.75, 3.05) is 25.5 Å². The lowest BCUT2D eigenvalue weighted by Crippen LogP contribution is -2.27. The Balaban J connectivity index is 1.33. The molecule has 0 saturated carbocycles. The quantitative estimate of drug-likeness (QED) is 0.346. The van der Waals surface area contributed by atoms with E-state index in [2.05, 4.69) is 67.1 Å². The number of thioether (sulfide) groups is 1. The Bertz CT molecular complexity index is 1180. The minimum atomic E-state index is -0.0447. The summed E-state index contributed by atoms with van der Waals surface area (Å²) >= 11 is 1.38. The summed E-state index contributed by atoms with van der Waals surface area (Å²) in [6.07, 6.45) is 2.53. The molecule has 8 heteroatoms. The average Bonchev–Trinajstić information content (AvgIpc) is 3.25. The van der Waals surface area contributed by atoms with E-state index in [4.69, 9.17) is 9.47 Å². The van der Waals surface area contributed by atoms with Crippen LogP contribution in [0, 0.1) is 0 Å². The molecule has 0 saturated heterocycles. The van der Waals surface area contributed by atoms with Crippen molar-refractivity contribution in [1.29, 1.82) is 0 Å². The Morgan fingerprint density at radius 1 is 1.11 bits per heavy atom. The summed E-state index contributed by atoms with van der Waals surface area (Å²) in [4.78, 5) is 12.5. The van der Waals surface area contributed by atoms with Crippen molar-refractivity contribution in [2.45, 2.75) is 44.3 Å². The van der Waals surface area contributed by atoms with Crippen molar-refractivity contribution < 1.29 is 14.3 Å². The Morgan fingerprint density at radius 2 is 1.86 bits per heavy atom. The van der Waals surface area contributed by atoms with Crippen molar-refractivity contribution in [1.82, 2.24) is 20.1 Å². The maximum absolute atomic E-state index is 12.5. The second-order valence-corrected chi connectivity index (χ2v) is 10.3. The van der Waals surface area contributed by atoms with E-state index in [0.29, 0.717) is 37.9 Å². The van der Waals surface area contributed by atoms with Gasteiger partial charge in [0.1, 0.15) is 13.2 Å². The number of nitrogens with zero attached hydrogens (tertiary/aromatic N) is 3. The smallest absolute Gasteiger partial charge is 0.230 e. The number of benzene rings is 2. The van der Waals surface area contributed by atoms with Gasteiger partial charge in [0.15, 0.2) is 22.5 Å². The molecule has 0 spiro atoms. The van der Waals surface area contributed by atoms with Gasteiger partial charge in [-0.1, -0.05) is 68.9 Å². The molecule has 35 heavy (non-hydrogen) atoms. The number of hydrogen-bond acceptors (Lipinski definition) is 6. The van der Waals surface area contributed by atoms with Crippen LogP contribution in [0.1, 0.15) is 31.9 Å². The van der Waals surface area contributed by atoms with Gasteiger partial charge in [0.2, 0.25) is 5.91 Å². The molecule has 1 N–H and O–H groups in total. The van der Waals surface area contributed by atoms with Crippen LogP contribution in [0.25, 0.3) is 11.4 Å². The zero-order valence-electron chi connectivity index (χ0n) is 20.5. The molecule has 0 aliphatic carbocycles. The number of amides is 1. The first-order valence-corrected chi connectivity index (χ1v) is 12.8. The molecule has 0 fully saturated rings. The number of carbonyl (C=O) groups is 1. The number of rotatable bonds is 9. The number of hydrogen-bond donors (Lipinski definition) is 1. The highest BCUT2D eigenvalue weighted by Gasteiger charge is 2.17. The van der Waals surface area contributed by atoms with Crippen LogP contribution in [0.5, 0.6) is 11.5 Å². The van der Waals surface area contributed by atoms with Crippen molar-refractivity contribution in [3.05, 3.63) is 66.2 Å². The molecule has 1 aromatic heterocycles. The minimum absolute atomic E-state index is 0.0447. The number of aromatic nitrogens is 3. The molecule has 2 heterocycles. The zero-order valence-corrected chi connectivity index (χ0v) is 21.4. The number of ether oxygens (including phenoxy) is 2. The lowest BCUT2D eigenvalue weighted by molar-refractivity contribution is -0.118. The fourth-order valence-electron chi connectivity index (χ4n) is 3.79. The van der Waals surface area contributed by atoms with Crippen LogP contribution in [0.4, 0.5) is 0 Å². The molecule has 1 aliphatic heterocycles. The van der Waals surface area contributed by atoms with E-state index in [1.165, 1.54) is 17.3 Å². The van der Waals surface area contributed by atoms with Gasteiger partial charge in [-0.2, -0.15) is 0 Å². The summed E-state index contributed by atoms with van der Waals surface area (Å²) in [5.41, 5.74) is 3.43. The van der Waals surface area contributed by atoms with Gasteiger partial charge < -0.3 is 14.8 Å². The van der Waals surface area contributed by atoms with Crippen LogP contribution in [0.15, 0.2) is 60.3 Å². The SMILES string of the molecule is C=CCn1c(SCC(=O)NCCc2ccc3c(c2)OCCO3)nnc1-c1ccc(C(C)(C)C)cc1. The molecule has 1 aliphatic rings. The van der Waals surface area contributed by atoms with Gasteiger partial charge >= 0.3 is 0 Å². The third-order valence-electron chi connectivity index (χ3n) is 5.71. The summed E-state index contributed by atoms with van der Waals surface area (Å²) in [6, 6.07) is 14.3. The Kier molecular flexibility index (Phi) is 7.80. The molecule has 0 unspecified atom stereocenters. The van der Waals surface area contributed by atoms with Crippen molar-refractivity contribution >= 4 is 17.7 Å². The molecule has 7 nitrogen and oxygen atoms in total. The molecule has 0 bridgehead atoms. The molecule has 184 valence electrons. The largest absolute Gasteiger partial charge is 0.486 e. The normalized spacial score (nSPS) is 12.9. The first-order valence-electron chi connectivity index (χ1n) is 11.8. The lowest BCUT2D eigenvalue weighted by Gasteiger charge is -2.19. The monoisotopic (exact) mass is 492 g/mol. The summed E-state index contributed by atoms with van der Waals surface area (Å²) < 4.78 is 13.2. The molecular weight excluding hydrogens is 460 g/mol. The maximum Gasteiger partial charge on any atom is 0.230 e. The summed E-state index contributed by atoms with van der Waals surface area (Å²) in [5, 5.41) is 12.4. The number of carbonyl (C=O) groups excluding carboxylic acids is 1. The predicted molar refractivity (Wildman–Crippen MR) is 139 cm³/mol. The molecule has 3 aromatic rings.